The lowest BCUT2D eigenvalue weighted by Gasteiger charge is -2.06. The summed E-state index contributed by atoms with van der Waals surface area (Å²) in [7, 11) is 1.50. The number of halogens is 1. The highest BCUT2D eigenvalue weighted by Gasteiger charge is 2.11. The quantitative estimate of drug-likeness (QED) is 0.876. The summed E-state index contributed by atoms with van der Waals surface area (Å²) in [4.78, 5) is 24.2. The van der Waals surface area contributed by atoms with Gasteiger partial charge in [0.1, 0.15) is 10.3 Å². The molecule has 0 radical (unpaired) electrons. The molecule has 0 fully saturated rings. The molecule has 1 amide bonds. The molecule has 0 atom stereocenters. The Labute approximate surface area is 118 Å². The molecule has 7 heteroatoms. The number of ether oxygens (including phenoxy) is 1. The third kappa shape index (κ3) is 3.47. The highest BCUT2D eigenvalue weighted by molar-refractivity contribution is 9.10. The Morgan fingerprint density at radius 1 is 1.32 bits per heavy atom. The average molecular weight is 323 g/mol. The maximum Gasteiger partial charge on any atom is 0.276 e. The monoisotopic (exact) mass is 322 g/mol. The van der Waals surface area contributed by atoms with E-state index in [4.69, 9.17) is 4.74 Å². The Kier molecular flexibility index (Phi) is 4.06. The second-order valence-electron chi connectivity index (χ2n) is 3.67. The molecule has 2 aromatic heterocycles. The molecule has 1 N–H and O–H groups in total. The number of carbonyl (C=O) groups excluding carboxylic acids is 1. The van der Waals surface area contributed by atoms with Gasteiger partial charge in [-0.25, -0.2) is 9.97 Å². The van der Waals surface area contributed by atoms with Gasteiger partial charge >= 0.3 is 0 Å². The molecule has 19 heavy (non-hydrogen) atoms. The summed E-state index contributed by atoms with van der Waals surface area (Å²) in [5.74, 6) is 0.197. The lowest BCUT2D eigenvalue weighted by molar-refractivity contribution is 0.102. The number of carbonyl (C=O) groups is 1. The van der Waals surface area contributed by atoms with E-state index < -0.39 is 0 Å². The standard InChI is InChI=1S/C12H11BrN4O2/c1-7-6-10(19-2)16-12(14-7)17-11(18)8-4-3-5-9(13)15-8/h3-6H,1-2H3,(H,14,16,17,18). The van der Waals surface area contributed by atoms with Gasteiger partial charge in [-0.15, -0.1) is 0 Å². The molecule has 2 heterocycles. The van der Waals surface area contributed by atoms with Crippen LogP contribution >= 0.6 is 15.9 Å². The Hall–Kier alpha value is -2.02. The van der Waals surface area contributed by atoms with E-state index in [1.807, 2.05) is 0 Å². The highest BCUT2D eigenvalue weighted by Crippen LogP contribution is 2.12. The van der Waals surface area contributed by atoms with E-state index in [1.165, 1.54) is 7.11 Å². The van der Waals surface area contributed by atoms with Gasteiger partial charge in [-0.05, 0) is 35.0 Å². The van der Waals surface area contributed by atoms with Crippen LogP contribution in [-0.2, 0) is 0 Å². The fourth-order valence-electron chi connectivity index (χ4n) is 1.40. The fourth-order valence-corrected chi connectivity index (χ4v) is 1.74. The minimum absolute atomic E-state index is 0.184. The molecular formula is C12H11BrN4O2. The van der Waals surface area contributed by atoms with E-state index in [1.54, 1.807) is 31.2 Å². The fraction of sp³-hybridized carbons (Fsp3) is 0.167. The average Bonchev–Trinajstić information content (AvgIpc) is 2.38. The molecule has 0 aliphatic rings. The van der Waals surface area contributed by atoms with Crippen molar-refractivity contribution in [2.24, 2.45) is 0 Å². The highest BCUT2D eigenvalue weighted by atomic mass is 79.9. The van der Waals surface area contributed by atoms with Crippen molar-refractivity contribution < 1.29 is 9.53 Å². The summed E-state index contributed by atoms with van der Waals surface area (Å²) in [5.41, 5.74) is 0.975. The largest absolute Gasteiger partial charge is 0.481 e. The first-order valence-corrected chi connectivity index (χ1v) is 6.21. The number of hydrogen-bond acceptors (Lipinski definition) is 5. The molecule has 2 aromatic rings. The molecule has 6 nitrogen and oxygen atoms in total. The van der Waals surface area contributed by atoms with E-state index in [9.17, 15) is 4.79 Å². The molecule has 0 saturated carbocycles. The van der Waals surface area contributed by atoms with Gasteiger partial charge in [-0.2, -0.15) is 4.98 Å². The molecular weight excluding hydrogens is 312 g/mol. The number of methoxy groups -OCH3 is 1. The van der Waals surface area contributed by atoms with Gasteiger partial charge in [0.05, 0.1) is 7.11 Å². The summed E-state index contributed by atoms with van der Waals surface area (Å²) >= 11 is 3.21. The summed E-state index contributed by atoms with van der Waals surface area (Å²) in [6.45, 7) is 1.79. The normalized spacial score (nSPS) is 10.1. The minimum atomic E-state index is -0.381. The van der Waals surface area contributed by atoms with Gasteiger partial charge in [-0.3, -0.25) is 10.1 Å². The van der Waals surface area contributed by atoms with Crippen LogP contribution in [0.15, 0.2) is 28.9 Å². The molecule has 98 valence electrons. The minimum Gasteiger partial charge on any atom is -0.481 e. The predicted molar refractivity (Wildman–Crippen MR) is 73.2 cm³/mol. The van der Waals surface area contributed by atoms with Crippen LogP contribution in [-0.4, -0.2) is 28.0 Å². The van der Waals surface area contributed by atoms with Crippen LogP contribution in [0.4, 0.5) is 5.95 Å². The topological polar surface area (TPSA) is 77.0 Å². The van der Waals surface area contributed by atoms with E-state index in [-0.39, 0.29) is 17.5 Å². The van der Waals surface area contributed by atoms with Crippen LogP contribution in [0, 0.1) is 6.92 Å². The number of rotatable bonds is 3. The first kappa shape index (κ1) is 13.4. The number of pyridine rings is 1. The number of nitrogens with one attached hydrogen (secondary N) is 1. The molecule has 0 aromatic carbocycles. The van der Waals surface area contributed by atoms with Gasteiger partial charge < -0.3 is 4.74 Å². The number of nitrogens with zero attached hydrogens (tertiary/aromatic N) is 3. The third-order valence-corrected chi connectivity index (χ3v) is 2.65. The van der Waals surface area contributed by atoms with Crippen LogP contribution in [0.3, 0.4) is 0 Å². The maximum absolute atomic E-state index is 12.0. The Morgan fingerprint density at radius 3 is 2.79 bits per heavy atom. The van der Waals surface area contributed by atoms with Crippen molar-refractivity contribution in [3.63, 3.8) is 0 Å². The van der Waals surface area contributed by atoms with Crippen molar-refractivity contribution in [3.05, 3.63) is 40.3 Å². The number of aryl methyl sites for hydroxylation is 1. The van der Waals surface area contributed by atoms with Crippen molar-refractivity contribution in [2.75, 3.05) is 12.4 Å². The van der Waals surface area contributed by atoms with Gasteiger partial charge in [0, 0.05) is 11.8 Å². The van der Waals surface area contributed by atoms with E-state index in [0.717, 1.165) is 0 Å². The van der Waals surface area contributed by atoms with Crippen molar-refractivity contribution in [1.82, 2.24) is 15.0 Å². The zero-order valence-electron chi connectivity index (χ0n) is 10.3. The van der Waals surface area contributed by atoms with Gasteiger partial charge in [0.2, 0.25) is 11.8 Å². The molecule has 2 rings (SSSR count). The second kappa shape index (κ2) is 5.75. The van der Waals surface area contributed by atoms with Gasteiger partial charge in [-0.1, -0.05) is 6.07 Å². The number of amides is 1. The molecule has 0 aliphatic heterocycles. The number of aromatic nitrogens is 3. The maximum atomic E-state index is 12.0. The van der Waals surface area contributed by atoms with Crippen LogP contribution in [0.2, 0.25) is 0 Å². The Balaban J connectivity index is 2.21. The molecule has 0 aliphatic carbocycles. The lowest BCUT2D eigenvalue weighted by Crippen LogP contribution is -2.16. The predicted octanol–water partition coefficient (Wildman–Crippen LogP) is 2.20. The Morgan fingerprint density at radius 2 is 2.11 bits per heavy atom. The zero-order valence-corrected chi connectivity index (χ0v) is 11.9. The van der Waals surface area contributed by atoms with E-state index >= 15 is 0 Å². The van der Waals surface area contributed by atoms with Crippen LogP contribution in [0.1, 0.15) is 16.2 Å². The van der Waals surface area contributed by atoms with Crippen molar-refractivity contribution >= 4 is 27.8 Å². The van der Waals surface area contributed by atoms with Gasteiger partial charge in [0.15, 0.2) is 0 Å². The Bertz CT molecular complexity index is 618. The summed E-state index contributed by atoms with van der Waals surface area (Å²) < 4.78 is 5.60. The first-order valence-electron chi connectivity index (χ1n) is 5.42. The van der Waals surface area contributed by atoms with Crippen molar-refractivity contribution in [2.45, 2.75) is 6.92 Å². The van der Waals surface area contributed by atoms with Gasteiger partial charge in [0.25, 0.3) is 5.91 Å². The van der Waals surface area contributed by atoms with E-state index in [2.05, 4.69) is 36.2 Å². The molecule has 0 unspecified atom stereocenters. The SMILES string of the molecule is COc1cc(C)nc(NC(=O)c2cccc(Br)n2)n1. The smallest absolute Gasteiger partial charge is 0.276 e. The first-order chi connectivity index (χ1) is 9.08. The zero-order chi connectivity index (χ0) is 13.8. The lowest BCUT2D eigenvalue weighted by atomic mass is 10.3. The number of hydrogen-bond donors (Lipinski definition) is 1. The summed E-state index contributed by atoms with van der Waals surface area (Å²) in [5, 5.41) is 2.58. The second-order valence-corrected chi connectivity index (χ2v) is 4.49. The third-order valence-electron chi connectivity index (χ3n) is 2.21. The van der Waals surface area contributed by atoms with Crippen molar-refractivity contribution in [1.29, 1.82) is 0 Å². The molecule has 0 bridgehead atoms. The van der Waals surface area contributed by atoms with Crippen molar-refractivity contribution in [3.8, 4) is 5.88 Å². The number of anilines is 1. The summed E-state index contributed by atoms with van der Waals surface area (Å²) in [6, 6.07) is 6.74. The molecule has 0 saturated heterocycles. The van der Waals surface area contributed by atoms with Crippen LogP contribution < -0.4 is 10.1 Å². The molecule has 0 spiro atoms. The van der Waals surface area contributed by atoms with Crippen LogP contribution in [0.25, 0.3) is 0 Å². The van der Waals surface area contributed by atoms with E-state index in [0.29, 0.717) is 16.2 Å². The van der Waals surface area contributed by atoms with Crippen LogP contribution in [0.5, 0.6) is 5.88 Å². The summed E-state index contributed by atoms with van der Waals surface area (Å²) in [6.07, 6.45) is 0.